The van der Waals surface area contributed by atoms with Crippen LogP contribution < -0.4 is 0 Å². The molecule has 0 spiro atoms. The highest BCUT2D eigenvalue weighted by molar-refractivity contribution is 7.07. The number of rotatable bonds is 3. The lowest BCUT2D eigenvalue weighted by atomic mass is 9.94. The van der Waals surface area contributed by atoms with Crippen molar-refractivity contribution in [1.29, 1.82) is 0 Å². The Morgan fingerprint density at radius 3 is 2.67 bits per heavy atom. The minimum Gasteiger partial charge on any atom is -0.302 e. The van der Waals surface area contributed by atoms with E-state index in [0.717, 1.165) is 12.5 Å². The van der Waals surface area contributed by atoms with Gasteiger partial charge in [-0.15, -0.1) is 0 Å². The van der Waals surface area contributed by atoms with Gasteiger partial charge < -0.3 is 4.90 Å². The van der Waals surface area contributed by atoms with Gasteiger partial charge in [-0.1, -0.05) is 24.3 Å². The summed E-state index contributed by atoms with van der Waals surface area (Å²) < 4.78 is 0. The quantitative estimate of drug-likeness (QED) is 0.854. The molecule has 1 fully saturated rings. The third-order valence-corrected chi connectivity index (χ3v) is 5.84. The zero-order chi connectivity index (χ0) is 14.4. The first-order chi connectivity index (χ1) is 10.2. The molecule has 1 aliphatic heterocycles. The van der Waals surface area contributed by atoms with Crippen molar-refractivity contribution in [2.24, 2.45) is 5.92 Å². The van der Waals surface area contributed by atoms with Crippen LogP contribution >= 0.6 is 11.3 Å². The van der Waals surface area contributed by atoms with Crippen LogP contribution in [0.4, 0.5) is 0 Å². The highest BCUT2D eigenvalue weighted by Crippen LogP contribution is 2.51. The summed E-state index contributed by atoms with van der Waals surface area (Å²) in [5, 5.41) is 4.47. The van der Waals surface area contributed by atoms with Gasteiger partial charge >= 0.3 is 0 Å². The van der Waals surface area contributed by atoms with Crippen molar-refractivity contribution in [3.8, 4) is 0 Å². The van der Waals surface area contributed by atoms with Gasteiger partial charge in [0, 0.05) is 31.6 Å². The molecule has 0 N–H and O–H groups in total. The summed E-state index contributed by atoms with van der Waals surface area (Å²) in [7, 11) is 4.46. The molecule has 110 valence electrons. The fraction of sp³-hybridized carbons (Fsp3) is 0.444. The van der Waals surface area contributed by atoms with Gasteiger partial charge in [0.05, 0.1) is 0 Å². The van der Waals surface area contributed by atoms with Crippen LogP contribution in [0.2, 0.25) is 0 Å². The average molecular weight is 298 g/mol. The molecule has 2 aromatic rings. The summed E-state index contributed by atoms with van der Waals surface area (Å²) in [6.07, 6.45) is 0. The largest absolute Gasteiger partial charge is 0.302 e. The van der Waals surface area contributed by atoms with Crippen LogP contribution in [0.5, 0.6) is 0 Å². The molecule has 1 aliphatic carbocycles. The molecule has 3 atom stereocenters. The Hall–Kier alpha value is -1.16. The first-order valence-corrected chi connectivity index (χ1v) is 8.67. The van der Waals surface area contributed by atoms with Gasteiger partial charge in [-0.25, -0.2) is 0 Å². The molecule has 2 nitrogen and oxygen atoms in total. The zero-order valence-electron chi connectivity index (χ0n) is 12.7. The van der Waals surface area contributed by atoms with E-state index in [2.05, 4.69) is 65.0 Å². The number of hydrogen-bond acceptors (Lipinski definition) is 3. The second-order valence-corrected chi connectivity index (χ2v) is 7.41. The molecule has 2 heterocycles. The van der Waals surface area contributed by atoms with Gasteiger partial charge in [-0.3, -0.25) is 4.90 Å². The Labute approximate surface area is 131 Å². The molecular formula is C18H22N2S. The number of likely N-dealkylation sites (tertiary alicyclic amines) is 1. The molecule has 3 heteroatoms. The molecule has 1 saturated heterocycles. The highest BCUT2D eigenvalue weighted by atomic mass is 32.1. The average Bonchev–Trinajstić information content (AvgIpc) is 3.14. The minimum atomic E-state index is 0.582. The Kier molecular flexibility index (Phi) is 3.37. The van der Waals surface area contributed by atoms with Crippen LogP contribution in [0, 0.1) is 5.92 Å². The van der Waals surface area contributed by atoms with E-state index in [9.17, 15) is 0 Å². The summed E-state index contributed by atoms with van der Waals surface area (Å²) >= 11 is 1.80. The first kappa shape index (κ1) is 13.5. The van der Waals surface area contributed by atoms with Crippen LogP contribution in [0.3, 0.4) is 0 Å². The van der Waals surface area contributed by atoms with E-state index in [1.807, 2.05) is 0 Å². The van der Waals surface area contributed by atoms with E-state index >= 15 is 0 Å². The lowest BCUT2D eigenvalue weighted by Crippen LogP contribution is -2.28. The van der Waals surface area contributed by atoms with Crippen LogP contribution in [0.25, 0.3) is 0 Å². The Morgan fingerprint density at radius 2 is 1.95 bits per heavy atom. The molecule has 1 aromatic heterocycles. The van der Waals surface area contributed by atoms with Crippen LogP contribution in [-0.4, -0.2) is 37.0 Å². The summed E-state index contributed by atoms with van der Waals surface area (Å²) in [6, 6.07) is 11.9. The molecule has 4 rings (SSSR count). The van der Waals surface area contributed by atoms with Crippen LogP contribution in [0.15, 0.2) is 41.1 Å². The van der Waals surface area contributed by atoms with Crippen molar-refractivity contribution < 1.29 is 0 Å². The summed E-state index contributed by atoms with van der Waals surface area (Å²) in [4.78, 5) is 5.06. The normalized spacial score (nSPS) is 28.0. The smallest absolute Gasteiger partial charge is 0.0391 e. The number of hydrogen-bond donors (Lipinski definition) is 0. The maximum Gasteiger partial charge on any atom is 0.0391 e. The molecule has 0 radical (unpaired) electrons. The Morgan fingerprint density at radius 1 is 1.14 bits per heavy atom. The maximum atomic E-state index is 2.64. The summed E-state index contributed by atoms with van der Waals surface area (Å²) in [5.74, 6) is 1.46. The van der Waals surface area contributed by atoms with Crippen molar-refractivity contribution in [1.82, 2.24) is 9.80 Å². The fourth-order valence-corrected chi connectivity index (χ4v) is 5.00. The number of thiophene rings is 1. The maximum absolute atomic E-state index is 2.64. The molecule has 21 heavy (non-hydrogen) atoms. The molecule has 0 unspecified atom stereocenters. The second-order valence-electron chi connectivity index (χ2n) is 6.63. The van der Waals surface area contributed by atoms with Crippen molar-refractivity contribution in [3.05, 3.63) is 57.8 Å². The Bertz CT molecular complexity index is 620. The number of nitrogens with zero attached hydrogens (tertiary/aromatic N) is 2. The topological polar surface area (TPSA) is 6.48 Å². The Balaban J connectivity index is 1.61. The van der Waals surface area contributed by atoms with Crippen molar-refractivity contribution in [3.63, 3.8) is 0 Å². The third-order valence-electron chi connectivity index (χ3n) is 5.10. The van der Waals surface area contributed by atoms with Gasteiger partial charge in [0.1, 0.15) is 0 Å². The van der Waals surface area contributed by atoms with Crippen LogP contribution in [-0.2, 0) is 6.54 Å². The molecular weight excluding hydrogens is 276 g/mol. The first-order valence-electron chi connectivity index (χ1n) is 7.72. The molecule has 0 bridgehead atoms. The van der Waals surface area contributed by atoms with Gasteiger partial charge in [0.15, 0.2) is 0 Å². The molecule has 1 aromatic carbocycles. The molecule has 0 saturated carbocycles. The standard InChI is InChI=1S/C18H22N2S/c1-19(2)18-15-6-4-3-5-14(15)16-10-20(11-17(16)18)9-13-7-8-21-12-13/h3-8,12,16-18H,9-11H2,1-2H3/t16-,17-,18-/m0/s1. The van der Waals surface area contributed by atoms with E-state index < -0.39 is 0 Å². The predicted octanol–water partition coefficient (Wildman–Crippen LogP) is 3.58. The van der Waals surface area contributed by atoms with Gasteiger partial charge in [-0.05, 0) is 53.5 Å². The van der Waals surface area contributed by atoms with E-state index in [4.69, 9.17) is 0 Å². The van der Waals surface area contributed by atoms with Gasteiger partial charge in [0.2, 0.25) is 0 Å². The lowest BCUT2D eigenvalue weighted by molar-refractivity contribution is 0.212. The molecule has 2 aliphatic rings. The highest BCUT2D eigenvalue weighted by Gasteiger charge is 2.46. The number of fused-ring (bicyclic) bond motifs is 3. The van der Waals surface area contributed by atoms with E-state index in [-0.39, 0.29) is 0 Å². The SMILES string of the molecule is CN(C)[C@H]1c2ccccc2[C@@H]2CN(Cc3ccsc3)C[C@@H]21. The van der Waals surface area contributed by atoms with E-state index in [1.165, 1.54) is 18.7 Å². The van der Waals surface area contributed by atoms with Gasteiger partial charge in [0.25, 0.3) is 0 Å². The minimum absolute atomic E-state index is 0.582. The summed E-state index contributed by atoms with van der Waals surface area (Å²) in [5.41, 5.74) is 4.62. The number of benzene rings is 1. The third kappa shape index (κ3) is 2.24. The van der Waals surface area contributed by atoms with Crippen molar-refractivity contribution >= 4 is 11.3 Å². The van der Waals surface area contributed by atoms with Crippen molar-refractivity contribution in [2.75, 3.05) is 27.2 Å². The predicted molar refractivity (Wildman–Crippen MR) is 88.7 cm³/mol. The molecule has 0 amide bonds. The summed E-state index contributed by atoms with van der Waals surface area (Å²) in [6.45, 7) is 3.54. The monoisotopic (exact) mass is 298 g/mol. The lowest BCUT2D eigenvalue weighted by Gasteiger charge is -2.27. The zero-order valence-corrected chi connectivity index (χ0v) is 13.5. The van der Waals surface area contributed by atoms with Crippen LogP contribution in [0.1, 0.15) is 28.7 Å². The van der Waals surface area contributed by atoms with Gasteiger partial charge in [-0.2, -0.15) is 11.3 Å². The van der Waals surface area contributed by atoms with Crippen molar-refractivity contribution in [2.45, 2.75) is 18.5 Å². The second kappa shape index (κ2) is 5.24. The van der Waals surface area contributed by atoms with E-state index in [1.54, 1.807) is 22.5 Å². The fourth-order valence-electron chi connectivity index (χ4n) is 4.34. The van der Waals surface area contributed by atoms with E-state index in [0.29, 0.717) is 12.0 Å².